The fraction of sp³-hybridized carbons (Fsp3) is 0.692. The zero-order valence-corrected chi connectivity index (χ0v) is 13.8. The molecule has 1 aromatic heterocycles. The number of nitrogens with zero attached hydrogens (tertiary/aromatic N) is 3. The highest BCUT2D eigenvalue weighted by molar-refractivity contribution is 9.10. The highest BCUT2D eigenvalue weighted by Gasteiger charge is 2.25. The summed E-state index contributed by atoms with van der Waals surface area (Å²) in [6.07, 6.45) is -0.0863. The molecule has 4 nitrogen and oxygen atoms in total. The van der Waals surface area contributed by atoms with Crippen molar-refractivity contribution in [3.8, 4) is 0 Å². The minimum atomic E-state index is -0.0863. The standard InChI is InChI=1S/C13H19BrClN3O/c1-4-18-5-6-19-9(7-18)13-16-11(8(2)3)10(14)12(15)17-13/h8-9H,4-7H2,1-3H3. The third-order valence-corrected chi connectivity index (χ3v) is 4.57. The lowest BCUT2D eigenvalue weighted by Crippen LogP contribution is -2.38. The Balaban J connectivity index is 2.29. The summed E-state index contributed by atoms with van der Waals surface area (Å²) in [7, 11) is 0. The van der Waals surface area contributed by atoms with Crippen molar-refractivity contribution < 1.29 is 4.74 Å². The molecule has 1 aliphatic rings. The van der Waals surface area contributed by atoms with Crippen LogP contribution in [0.15, 0.2) is 4.47 Å². The van der Waals surface area contributed by atoms with E-state index in [1.54, 1.807) is 0 Å². The number of aromatic nitrogens is 2. The Kier molecular flexibility index (Phi) is 5.17. The zero-order valence-electron chi connectivity index (χ0n) is 11.5. The highest BCUT2D eigenvalue weighted by Crippen LogP contribution is 2.31. The molecule has 1 fully saturated rings. The van der Waals surface area contributed by atoms with Crippen LogP contribution in [0.4, 0.5) is 0 Å². The van der Waals surface area contributed by atoms with Gasteiger partial charge in [-0.2, -0.15) is 0 Å². The summed E-state index contributed by atoms with van der Waals surface area (Å²) in [4.78, 5) is 11.3. The van der Waals surface area contributed by atoms with Gasteiger partial charge in [-0.15, -0.1) is 0 Å². The Morgan fingerprint density at radius 1 is 1.47 bits per heavy atom. The second-order valence-corrected chi connectivity index (χ2v) is 6.13. The van der Waals surface area contributed by atoms with E-state index in [0.717, 1.165) is 29.8 Å². The normalized spacial score (nSPS) is 21.1. The maximum Gasteiger partial charge on any atom is 0.160 e. The van der Waals surface area contributed by atoms with Crippen LogP contribution in [-0.2, 0) is 4.74 Å². The molecule has 1 unspecified atom stereocenters. The van der Waals surface area contributed by atoms with Gasteiger partial charge in [-0.3, -0.25) is 4.90 Å². The highest BCUT2D eigenvalue weighted by atomic mass is 79.9. The number of ether oxygens (including phenoxy) is 1. The number of hydrogen-bond acceptors (Lipinski definition) is 4. The predicted molar refractivity (Wildman–Crippen MR) is 79.6 cm³/mol. The van der Waals surface area contributed by atoms with E-state index in [4.69, 9.17) is 16.3 Å². The zero-order chi connectivity index (χ0) is 14.0. The molecule has 106 valence electrons. The number of morpholine rings is 1. The SMILES string of the molecule is CCN1CCOC(c2nc(Cl)c(Br)c(C(C)C)n2)C1. The first-order chi connectivity index (χ1) is 9.02. The molecule has 0 N–H and O–H groups in total. The lowest BCUT2D eigenvalue weighted by atomic mass is 10.1. The number of rotatable bonds is 3. The first kappa shape index (κ1) is 15.2. The average Bonchev–Trinajstić information content (AvgIpc) is 2.41. The van der Waals surface area contributed by atoms with Gasteiger partial charge in [-0.25, -0.2) is 9.97 Å². The number of halogens is 2. The van der Waals surface area contributed by atoms with Gasteiger partial charge in [0, 0.05) is 13.1 Å². The molecule has 1 aliphatic heterocycles. The molecule has 1 aromatic rings. The first-order valence-corrected chi connectivity index (χ1v) is 7.76. The van der Waals surface area contributed by atoms with E-state index in [9.17, 15) is 0 Å². The molecule has 19 heavy (non-hydrogen) atoms. The molecule has 0 aliphatic carbocycles. The van der Waals surface area contributed by atoms with Crippen LogP contribution in [0.25, 0.3) is 0 Å². The molecule has 0 spiro atoms. The summed E-state index contributed by atoms with van der Waals surface area (Å²) in [5.74, 6) is 0.981. The second-order valence-electron chi connectivity index (χ2n) is 4.98. The van der Waals surface area contributed by atoms with Crippen molar-refractivity contribution in [1.82, 2.24) is 14.9 Å². The molecule has 0 radical (unpaired) electrons. The summed E-state index contributed by atoms with van der Waals surface area (Å²) < 4.78 is 6.57. The van der Waals surface area contributed by atoms with Crippen molar-refractivity contribution >= 4 is 27.5 Å². The van der Waals surface area contributed by atoms with Crippen molar-refractivity contribution in [2.45, 2.75) is 32.8 Å². The summed E-state index contributed by atoms with van der Waals surface area (Å²) in [6.45, 7) is 9.85. The van der Waals surface area contributed by atoms with E-state index in [1.165, 1.54) is 0 Å². The van der Waals surface area contributed by atoms with Crippen LogP contribution < -0.4 is 0 Å². The van der Waals surface area contributed by atoms with Crippen molar-refractivity contribution in [1.29, 1.82) is 0 Å². The predicted octanol–water partition coefficient (Wildman–Crippen LogP) is 3.41. The van der Waals surface area contributed by atoms with Gasteiger partial charge in [0.1, 0.15) is 11.3 Å². The minimum Gasteiger partial charge on any atom is -0.368 e. The molecular weight excluding hydrogens is 330 g/mol. The van der Waals surface area contributed by atoms with E-state index in [1.807, 2.05) is 0 Å². The van der Waals surface area contributed by atoms with Crippen LogP contribution in [0.2, 0.25) is 5.15 Å². The third kappa shape index (κ3) is 3.45. The van der Waals surface area contributed by atoms with Gasteiger partial charge >= 0.3 is 0 Å². The molecule has 0 saturated carbocycles. The van der Waals surface area contributed by atoms with Crippen LogP contribution >= 0.6 is 27.5 Å². The van der Waals surface area contributed by atoms with Gasteiger partial charge in [0.2, 0.25) is 0 Å². The topological polar surface area (TPSA) is 38.2 Å². The van der Waals surface area contributed by atoms with Gasteiger partial charge in [0.05, 0.1) is 16.8 Å². The molecule has 2 rings (SSSR count). The lowest BCUT2D eigenvalue weighted by Gasteiger charge is -2.31. The fourth-order valence-electron chi connectivity index (χ4n) is 2.13. The molecule has 1 saturated heterocycles. The quantitative estimate of drug-likeness (QED) is 0.785. The summed E-state index contributed by atoms with van der Waals surface area (Å²) in [5.41, 5.74) is 0.937. The van der Waals surface area contributed by atoms with Crippen molar-refractivity contribution in [3.63, 3.8) is 0 Å². The number of likely N-dealkylation sites (N-methyl/N-ethyl adjacent to an activating group) is 1. The lowest BCUT2D eigenvalue weighted by molar-refractivity contribution is -0.0327. The molecule has 2 heterocycles. The fourth-order valence-corrected chi connectivity index (χ4v) is 2.94. The minimum absolute atomic E-state index is 0.0863. The van der Waals surface area contributed by atoms with E-state index in [-0.39, 0.29) is 6.10 Å². The van der Waals surface area contributed by atoms with E-state index in [0.29, 0.717) is 23.5 Å². The van der Waals surface area contributed by atoms with Gasteiger partial charge < -0.3 is 4.74 Å². The maximum atomic E-state index is 6.19. The van der Waals surface area contributed by atoms with Crippen molar-refractivity contribution in [2.75, 3.05) is 26.2 Å². The van der Waals surface area contributed by atoms with Crippen LogP contribution in [0.1, 0.15) is 44.3 Å². The van der Waals surface area contributed by atoms with Crippen LogP contribution in [0.3, 0.4) is 0 Å². The maximum absolute atomic E-state index is 6.19. The first-order valence-electron chi connectivity index (χ1n) is 6.59. The number of hydrogen-bond donors (Lipinski definition) is 0. The van der Waals surface area contributed by atoms with Crippen LogP contribution in [0, 0.1) is 0 Å². The molecule has 0 amide bonds. The summed E-state index contributed by atoms with van der Waals surface area (Å²) in [6, 6.07) is 0. The molecular formula is C13H19BrClN3O. The largest absolute Gasteiger partial charge is 0.368 e. The molecule has 0 bridgehead atoms. The van der Waals surface area contributed by atoms with E-state index in [2.05, 4.69) is 51.6 Å². The Bertz CT molecular complexity index is 456. The Morgan fingerprint density at radius 3 is 2.84 bits per heavy atom. The third-order valence-electron chi connectivity index (χ3n) is 3.29. The average molecular weight is 349 g/mol. The smallest absolute Gasteiger partial charge is 0.160 e. The Morgan fingerprint density at radius 2 is 2.21 bits per heavy atom. The van der Waals surface area contributed by atoms with Gasteiger partial charge in [0.15, 0.2) is 5.82 Å². The van der Waals surface area contributed by atoms with Crippen molar-refractivity contribution in [2.24, 2.45) is 0 Å². The monoisotopic (exact) mass is 347 g/mol. The Hall–Kier alpha value is -0.230. The van der Waals surface area contributed by atoms with E-state index < -0.39 is 0 Å². The van der Waals surface area contributed by atoms with Crippen molar-refractivity contribution in [3.05, 3.63) is 21.1 Å². The van der Waals surface area contributed by atoms with Gasteiger partial charge in [-0.1, -0.05) is 32.4 Å². The second kappa shape index (κ2) is 6.48. The molecule has 6 heteroatoms. The van der Waals surface area contributed by atoms with E-state index >= 15 is 0 Å². The van der Waals surface area contributed by atoms with Crippen LogP contribution in [-0.4, -0.2) is 41.1 Å². The van der Waals surface area contributed by atoms with Gasteiger partial charge in [0.25, 0.3) is 0 Å². The summed E-state index contributed by atoms with van der Waals surface area (Å²) >= 11 is 9.64. The molecule has 1 atom stereocenters. The molecule has 0 aromatic carbocycles. The van der Waals surface area contributed by atoms with Gasteiger partial charge in [-0.05, 0) is 28.4 Å². The Labute approximate surface area is 127 Å². The summed E-state index contributed by atoms with van der Waals surface area (Å²) in [5, 5.41) is 0.464. The van der Waals surface area contributed by atoms with Crippen LogP contribution in [0.5, 0.6) is 0 Å².